The number of H-pyrrole nitrogens is 1. The molecule has 0 bridgehead atoms. The SMILES string of the molecule is COC(=O)c1c(C)[nH]c(C(=O)CSc2ccc3ccccc3c2)c1C. The van der Waals surface area contributed by atoms with E-state index < -0.39 is 5.97 Å². The molecule has 0 amide bonds. The molecule has 0 saturated carbocycles. The van der Waals surface area contributed by atoms with Crippen LogP contribution in [0.2, 0.25) is 0 Å². The lowest BCUT2D eigenvalue weighted by Crippen LogP contribution is -2.07. The van der Waals surface area contributed by atoms with Gasteiger partial charge in [0.1, 0.15) is 0 Å². The van der Waals surface area contributed by atoms with E-state index >= 15 is 0 Å². The maximum Gasteiger partial charge on any atom is 0.339 e. The van der Waals surface area contributed by atoms with E-state index in [0.717, 1.165) is 10.3 Å². The largest absolute Gasteiger partial charge is 0.465 e. The molecule has 25 heavy (non-hydrogen) atoms. The van der Waals surface area contributed by atoms with E-state index in [1.165, 1.54) is 24.3 Å². The highest BCUT2D eigenvalue weighted by Gasteiger charge is 2.22. The lowest BCUT2D eigenvalue weighted by molar-refractivity contribution is 0.0599. The Morgan fingerprint density at radius 3 is 2.52 bits per heavy atom. The van der Waals surface area contributed by atoms with Crippen LogP contribution in [0, 0.1) is 13.8 Å². The molecule has 0 unspecified atom stereocenters. The summed E-state index contributed by atoms with van der Waals surface area (Å²) in [6, 6.07) is 14.3. The standard InChI is InChI=1S/C20H19NO3S/c1-12-18(20(23)24-3)13(2)21-19(12)17(22)11-25-16-9-8-14-6-4-5-7-15(14)10-16/h4-10,21H,11H2,1-3H3. The number of carbonyl (C=O) groups is 2. The second kappa shape index (κ2) is 7.15. The van der Waals surface area contributed by atoms with Gasteiger partial charge < -0.3 is 9.72 Å². The lowest BCUT2D eigenvalue weighted by atomic mass is 10.1. The number of fused-ring (bicyclic) bond motifs is 1. The molecule has 0 saturated heterocycles. The van der Waals surface area contributed by atoms with Gasteiger partial charge in [-0.2, -0.15) is 0 Å². The molecule has 0 atom stereocenters. The number of ether oxygens (including phenoxy) is 1. The van der Waals surface area contributed by atoms with E-state index in [0.29, 0.717) is 28.3 Å². The van der Waals surface area contributed by atoms with E-state index in [9.17, 15) is 9.59 Å². The number of benzene rings is 2. The van der Waals surface area contributed by atoms with Crippen molar-refractivity contribution in [2.75, 3.05) is 12.9 Å². The predicted molar refractivity (Wildman–Crippen MR) is 101 cm³/mol. The molecule has 1 N–H and O–H groups in total. The van der Waals surface area contributed by atoms with Gasteiger partial charge in [-0.15, -0.1) is 11.8 Å². The van der Waals surface area contributed by atoms with Crippen molar-refractivity contribution in [2.45, 2.75) is 18.7 Å². The molecule has 128 valence electrons. The van der Waals surface area contributed by atoms with Crippen LogP contribution in [0.25, 0.3) is 10.8 Å². The summed E-state index contributed by atoms with van der Waals surface area (Å²) in [7, 11) is 1.34. The molecular weight excluding hydrogens is 334 g/mol. The van der Waals surface area contributed by atoms with Gasteiger partial charge in [-0.1, -0.05) is 30.3 Å². The fourth-order valence-corrected chi connectivity index (χ4v) is 3.73. The third-order valence-corrected chi connectivity index (χ3v) is 5.19. The van der Waals surface area contributed by atoms with E-state index in [4.69, 9.17) is 4.74 Å². The molecule has 2 aromatic carbocycles. The van der Waals surface area contributed by atoms with Gasteiger partial charge in [0.25, 0.3) is 0 Å². The van der Waals surface area contributed by atoms with Crippen LogP contribution in [0.5, 0.6) is 0 Å². The maximum atomic E-state index is 12.6. The third kappa shape index (κ3) is 3.46. The minimum Gasteiger partial charge on any atom is -0.465 e. The van der Waals surface area contributed by atoms with Crippen molar-refractivity contribution in [3.63, 3.8) is 0 Å². The second-order valence-electron chi connectivity index (χ2n) is 5.84. The van der Waals surface area contributed by atoms with Crippen LogP contribution in [0.4, 0.5) is 0 Å². The Morgan fingerprint density at radius 1 is 1.08 bits per heavy atom. The summed E-state index contributed by atoms with van der Waals surface area (Å²) >= 11 is 1.49. The number of Topliss-reactive ketones (excluding diaryl/α,β-unsaturated/α-hetero) is 1. The van der Waals surface area contributed by atoms with Gasteiger partial charge in [0.2, 0.25) is 0 Å². The number of aromatic amines is 1. The molecule has 3 aromatic rings. The highest BCUT2D eigenvalue weighted by molar-refractivity contribution is 8.00. The fourth-order valence-electron chi connectivity index (χ4n) is 2.92. The average molecular weight is 353 g/mol. The third-order valence-electron chi connectivity index (χ3n) is 4.20. The molecular formula is C20H19NO3S. The first-order chi connectivity index (χ1) is 12.0. The second-order valence-corrected chi connectivity index (χ2v) is 6.89. The zero-order valence-corrected chi connectivity index (χ0v) is 15.2. The minimum atomic E-state index is -0.424. The average Bonchev–Trinajstić information content (AvgIpc) is 2.93. The summed E-state index contributed by atoms with van der Waals surface area (Å²) in [4.78, 5) is 28.5. The van der Waals surface area contributed by atoms with E-state index in [1.54, 1.807) is 13.8 Å². The number of hydrogen-bond acceptors (Lipinski definition) is 4. The highest BCUT2D eigenvalue weighted by Crippen LogP contribution is 2.26. The number of ketones is 1. The van der Waals surface area contributed by atoms with E-state index in [2.05, 4.69) is 29.2 Å². The first kappa shape index (κ1) is 17.3. The van der Waals surface area contributed by atoms with Gasteiger partial charge >= 0.3 is 5.97 Å². The minimum absolute atomic E-state index is 0.0334. The molecule has 0 radical (unpaired) electrons. The molecule has 1 aromatic heterocycles. The van der Waals surface area contributed by atoms with E-state index in [1.807, 2.05) is 18.2 Å². The number of hydrogen-bond donors (Lipinski definition) is 1. The summed E-state index contributed by atoms with van der Waals surface area (Å²) in [6.45, 7) is 3.54. The topological polar surface area (TPSA) is 59.2 Å². The highest BCUT2D eigenvalue weighted by atomic mass is 32.2. The van der Waals surface area contributed by atoms with Crippen LogP contribution in [0.1, 0.15) is 32.1 Å². The number of nitrogens with one attached hydrogen (secondary N) is 1. The Bertz CT molecular complexity index is 959. The van der Waals surface area contributed by atoms with Crippen molar-refractivity contribution in [3.05, 3.63) is 65.0 Å². The van der Waals surface area contributed by atoms with Gasteiger partial charge in [-0.05, 0) is 42.3 Å². The lowest BCUT2D eigenvalue weighted by Gasteiger charge is -2.04. The monoisotopic (exact) mass is 353 g/mol. The van der Waals surface area contributed by atoms with Gasteiger partial charge in [0.15, 0.2) is 5.78 Å². The number of thioether (sulfide) groups is 1. The summed E-state index contributed by atoms with van der Waals surface area (Å²) in [5.74, 6) is -0.152. The summed E-state index contributed by atoms with van der Waals surface area (Å²) in [6.07, 6.45) is 0. The molecule has 0 spiro atoms. The Kier molecular flexibility index (Phi) is 4.95. The number of rotatable bonds is 5. The Balaban J connectivity index is 1.77. The van der Waals surface area contributed by atoms with E-state index in [-0.39, 0.29) is 5.78 Å². The zero-order chi connectivity index (χ0) is 18.0. The zero-order valence-electron chi connectivity index (χ0n) is 14.4. The number of methoxy groups -OCH3 is 1. The summed E-state index contributed by atoms with van der Waals surface area (Å²) in [5, 5.41) is 2.33. The van der Waals surface area contributed by atoms with Crippen molar-refractivity contribution >= 4 is 34.3 Å². The molecule has 4 nitrogen and oxygen atoms in total. The quantitative estimate of drug-likeness (QED) is 0.415. The molecule has 0 aliphatic carbocycles. The number of aryl methyl sites for hydroxylation is 1. The van der Waals surface area contributed by atoms with Gasteiger partial charge in [0, 0.05) is 10.6 Å². The summed E-state index contributed by atoms with van der Waals surface area (Å²) in [5.41, 5.74) is 2.23. The first-order valence-corrected chi connectivity index (χ1v) is 8.92. The van der Waals surface area contributed by atoms with Crippen LogP contribution in [-0.2, 0) is 4.74 Å². The van der Waals surface area contributed by atoms with Crippen molar-refractivity contribution in [2.24, 2.45) is 0 Å². The van der Waals surface area contributed by atoms with Gasteiger partial charge in [-0.3, -0.25) is 4.79 Å². The van der Waals surface area contributed by atoms with Crippen LogP contribution in [-0.4, -0.2) is 29.6 Å². The van der Waals surface area contributed by atoms with Crippen LogP contribution in [0.15, 0.2) is 47.4 Å². The van der Waals surface area contributed by atoms with Crippen LogP contribution < -0.4 is 0 Å². The maximum absolute atomic E-state index is 12.6. The molecule has 0 fully saturated rings. The van der Waals surface area contributed by atoms with Crippen molar-refractivity contribution in [3.8, 4) is 0 Å². The van der Waals surface area contributed by atoms with Crippen molar-refractivity contribution < 1.29 is 14.3 Å². The number of esters is 1. The molecule has 0 aliphatic heterocycles. The summed E-state index contributed by atoms with van der Waals surface area (Å²) < 4.78 is 4.79. The first-order valence-electron chi connectivity index (χ1n) is 7.93. The Labute approximate surface area is 150 Å². The Hall–Kier alpha value is -2.53. The van der Waals surface area contributed by atoms with Crippen molar-refractivity contribution in [1.29, 1.82) is 0 Å². The smallest absolute Gasteiger partial charge is 0.339 e. The predicted octanol–water partition coefficient (Wildman–Crippen LogP) is 4.55. The molecule has 5 heteroatoms. The molecule has 0 aliphatic rings. The van der Waals surface area contributed by atoms with Crippen molar-refractivity contribution in [1.82, 2.24) is 4.98 Å². The molecule has 3 rings (SSSR count). The number of aromatic nitrogens is 1. The fraction of sp³-hybridized carbons (Fsp3) is 0.200. The van der Waals surface area contributed by atoms with Gasteiger partial charge in [-0.25, -0.2) is 4.79 Å². The van der Waals surface area contributed by atoms with Crippen LogP contribution >= 0.6 is 11.8 Å². The van der Waals surface area contributed by atoms with Crippen LogP contribution in [0.3, 0.4) is 0 Å². The normalized spacial score (nSPS) is 10.8. The number of carbonyl (C=O) groups excluding carboxylic acids is 2. The molecule has 1 heterocycles. The van der Waals surface area contributed by atoms with Gasteiger partial charge in [0.05, 0.1) is 24.1 Å². The Morgan fingerprint density at radius 2 is 1.80 bits per heavy atom.